The zero-order chi connectivity index (χ0) is 14.5. The molecule has 0 aromatic heterocycles. The van der Waals surface area contributed by atoms with Gasteiger partial charge in [0.05, 0.1) is 17.3 Å². The second kappa shape index (κ2) is 6.51. The highest BCUT2D eigenvalue weighted by molar-refractivity contribution is 5.95. The van der Waals surface area contributed by atoms with E-state index in [2.05, 4.69) is 28.2 Å². The molecule has 0 radical (unpaired) electrons. The Labute approximate surface area is 119 Å². The van der Waals surface area contributed by atoms with Crippen LogP contribution < -0.4 is 5.32 Å². The number of rotatable bonds is 3. The SMILES string of the molecule is CC(C(=O)Nc1ccccc1C#N)N1CCN(C)CC1. The average molecular weight is 272 g/mol. The molecular weight excluding hydrogens is 252 g/mol. The van der Waals surface area contributed by atoms with Crippen LogP contribution in [0.1, 0.15) is 12.5 Å². The lowest BCUT2D eigenvalue weighted by atomic mass is 10.1. The van der Waals surface area contributed by atoms with E-state index in [9.17, 15) is 4.79 Å². The molecule has 0 bridgehead atoms. The maximum absolute atomic E-state index is 12.3. The Bertz CT molecular complexity index is 515. The number of para-hydroxylation sites is 1. The average Bonchev–Trinajstić information content (AvgIpc) is 2.48. The first-order valence-corrected chi connectivity index (χ1v) is 6.84. The second-order valence-corrected chi connectivity index (χ2v) is 5.16. The fourth-order valence-corrected chi connectivity index (χ4v) is 2.30. The first-order chi connectivity index (χ1) is 9.61. The fourth-order valence-electron chi connectivity index (χ4n) is 2.30. The Hall–Kier alpha value is -1.90. The maximum Gasteiger partial charge on any atom is 0.241 e. The van der Waals surface area contributed by atoms with Gasteiger partial charge in [-0.15, -0.1) is 0 Å². The predicted molar refractivity (Wildman–Crippen MR) is 78.3 cm³/mol. The molecule has 1 heterocycles. The zero-order valence-electron chi connectivity index (χ0n) is 12.0. The van der Waals surface area contributed by atoms with Gasteiger partial charge in [-0.2, -0.15) is 5.26 Å². The number of carbonyl (C=O) groups is 1. The lowest BCUT2D eigenvalue weighted by Crippen LogP contribution is -2.51. The molecule has 1 amide bonds. The van der Waals surface area contributed by atoms with E-state index in [1.54, 1.807) is 18.2 Å². The summed E-state index contributed by atoms with van der Waals surface area (Å²) >= 11 is 0. The third kappa shape index (κ3) is 3.35. The van der Waals surface area contributed by atoms with Gasteiger partial charge < -0.3 is 10.2 Å². The topological polar surface area (TPSA) is 59.4 Å². The van der Waals surface area contributed by atoms with Gasteiger partial charge in [0.1, 0.15) is 6.07 Å². The van der Waals surface area contributed by atoms with Crippen molar-refractivity contribution in [2.75, 3.05) is 38.5 Å². The van der Waals surface area contributed by atoms with Crippen LogP contribution in [0.4, 0.5) is 5.69 Å². The number of piperazine rings is 1. The van der Waals surface area contributed by atoms with Crippen LogP contribution in [0.15, 0.2) is 24.3 Å². The molecule has 5 heteroatoms. The van der Waals surface area contributed by atoms with Crippen LogP contribution in [0.3, 0.4) is 0 Å². The van der Waals surface area contributed by atoms with Crippen molar-refractivity contribution in [2.45, 2.75) is 13.0 Å². The summed E-state index contributed by atoms with van der Waals surface area (Å²) in [6.07, 6.45) is 0. The molecule has 5 nitrogen and oxygen atoms in total. The minimum atomic E-state index is -0.185. The van der Waals surface area contributed by atoms with E-state index in [1.165, 1.54) is 0 Å². The quantitative estimate of drug-likeness (QED) is 0.896. The lowest BCUT2D eigenvalue weighted by molar-refractivity contribution is -0.121. The van der Waals surface area contributed by atoms with Gasteiger partial charge in [0.25, 0.3) is 0 Å². The maximum atomic E-state index is 12.3. The standard InChI is InChI=1S/C15H20N4O/c1-12(19-9-7-18(2)8-10-19)15(20)17-14-6-4-3-5-13(14)11-16/h3-6,12H,7-10H2,1-2H3,(H,17,20). The molecule has 2 rings (SSSR count). The highest BCUT2D eigenvalue weighted by atomic mass is 16.2. The second-order valence-electron chi connectivity index (χ2n) is 5.16. The van der Waals surface area contributed by atoms with Gasteiger partial charge in [0.2, 0.25) is 5.91 Å². The molecule has 1 unspecified atom stereocenters. The summed E-state index contributed by atoms with van der Waals surface area (Å²) in [4.78, 5) is 16.7. The molecule has 0 saturated carbocycles. The lowest BCUT2D eigenvalue weighted by Gasteiger charge is -2.35. The highest BCUT2D eigenvalue weighted by Gasteiger charge is 2.24. The van der Waals surface area contributed by atoms with Crippen LogP contribution in [0.2, 0.25) is 0 Å². The molecule has 0 aliphatic carbocycles. The van der Waals surface area contributed by atoms with Gasteiger partial charge >= 0.3 is 0 Å². The normalized spacial score (nSPS) is 18.2. The number of carbonyl (C=O) groups excluding carboxylic acids is 1. The number of likely N-dealkylation sites (N-methyl/N-ethyl adjacent to an activating group) is 1. The van der Waals surface area contributed by atoms with Gasteiger partial charge in [-0.3, -0.25) is 9.69 Å². The van der Waals surface area contributed by atoms with Crippen LogP contribution in [-0.2, 0) is 4.79 Å². The van der Waals surface area contributed by atoms with Gasteiger partial charge in [0.15, 0.2) is 0 Å². The summed E-state index contributed by atoms with van der Waals surface area (Å²) in [6.45, 7) is 5.66. The molecular formula is C15H20N4O. The molecule has 1 aliphatic heterocycles. The first kappa shape index (κ1) is 14.5. The van der Waals surface area contributed by atoms with Crippen LogP contribution in [-0.4, -0.2) is 55.0 Å². The van der Waals surface area contributed by atoms with E-state index >= 15 is 0 Å². The smallest absolute Gasteiger partial charge is 0.241 e. The van der Waals surface area contributed by atoms with E-state index in [4.69, 9.17) is 5.26 Å². The van der Waals surface area contributed by atoms with E-state index in [1.807, 2.05) is 13.0 Å². The van der Waals surface area contributed by atoms with Crippen LogP contribution in [0.25, 0.3) is 0 Å². The van der Waals surface area contributed by atoms with Crippen molar-refractivity contribution < 1.29 is 4.79 Å². The Kier molecular flexibility index (Phi) is 4.72. The minimum Gasteiger partial charge on any atom is -0.324 e. The highest BCUT2D eigenvalue weighted by Crippen LogP contribution is 2.15. The van der Waals surface area contributed by atoms with Crippen molar-refractivity contribution >= 4 is 11.6 Å². The summed E-state index contributed by atoms with van der Waals surface area (Å²) in [5.74, 6) is -0.0581. The molecule has 0 spiro atoms. The van der Waals surface area contributed by atoms with Crippen molar-refractivity contribution in [2.24, 2.45) is 0 Å². The molecule has 1 N–H and O–H groups in total. The molecule has 1 aliphatic rings. The first-order valence-electron chi connectivity index (χ1n) is 6.84. The van der Waals surface area contributed by atoms with E-state index in [0.717, 1.165) is 26.2 Å². The summed E-state index contributed by atoms with van der Waals surface area (Å²) in [5, 5.41) is 11.9. The summed E-state index contributed by atoms with van der Waals surface area (Å²) in [6, 6.07) is 8.97. The Morgan fingerprint density at radius 2 is 1.95 bits per heavy atom. The van der Waals surface area contributed by atoms with Crippen LogP contribution in [0.5, 0.6) is 0 Å². The monoisotopic (exact) mass is 272 g/mol. The minimum absolute atomic E-state index is 0.0581. The van der Waals surface area contributed by atoms with Crippen molar-refractivity contribution in [1.82, 2.24) is 9.80 Å². The number of nitriles is 1. The van der Waals surface area contributed by atoms with Gasteiger partial charge in [-0.25, -0.2) is 0 Å². The number of anilines is 1. The number of nitrogens with one attached hydrogen (secondary N) is 1. The van der Waals surface area contributed by atoms with Gasteiger partial charge in [-0.05, 0) is 26.1 Å². The molecule has 1 saturated heterocycles. The Balaban J connectivity index is 1.99. The number of hydrogen-bond acceptors (Lipinski definition) is 4. The largest absolute Gasteiger partial charge is 0.324 e. The molecule has 106 valence electrons. The van der Waals surface area contributed by atoms with Crippen molar-refractivity contribution in [3.63, 3.8) is 0 Å². The number of hydrogen-bond donors (Lipinski definition) is 1. The van der Waals surface area contributed by atoms with Crippen molar-refractivity contribution in [1.29, 1.82) is 5.26 Å². The van der Waals surface area contributed by atoms with Crippen molar-refractivity contribution in [3.05, 3.63) is 29.8 Å². The Morgan fingerprint density at radius 3 is 2.60 bits per heavy atom. The van der Waals surface area contributed by atoms with E-state index < -0.39 is 0 Å². The Morgan fingerprint density at radius 1 is 1.30 bits per heavy atom. The van der Waals surface area contributed by atoms with Gasteiger partial charge in [0, 0.05) is 26.2 Å². The van der Waals surface area contributed by atoms with E-state index in [-0.39, 0.29) is 11.9 Å². The van der Waals surface area contributed by atoms with Crippen LogP contribution >= 0.6 is 0 Å². The fraction of sp³-hybridized carbons (Fsp3) is 0.467. The molecule has 20 heavy (non-hydrogen) atoms. The van der Waals surface area contributed by atoms with Crippen molar-refractivity contribution in [3.8, 4) is 6.07 Å². The molecule has 1 aromatic rings. The third-order valence-electron chi connectivity index (χ3n) is 3.77. The number of amides is 1. The third-order valence-corrected chi connectivity index (χ3v) is 3.77. The summed E-state index contributed by atoms with van der Waals surface area (Å²) in [5.41, 5.74) is 1.08. The summed E-state index contributed by atoms with van der Waals surface area (Å²) in [7, 11) is 2.09. The zero-order valence-corrected chi connectivity index (χ0v) is 12.0. The molecule has 1 aromatic carbocycles. The number of nitrogens with zero attached hydrogens (tertiary/aromatic N) is 3. The predicted octanol–water partition coefficient (Wildman–Crippen LogP) is 1.13. The molecule has 1 fully saturated rings. The van der Waals surface area contributed by atoms with Crippen LogP contribution in [0, 0.1) is 11.3 Å². The van der Waals surface area contributed by atoms with Gasteiger partial charge in [-0.1, -0.05) is 12.1 Å². The van der Waals surface area contributed by atoms with E-state index in [0.29, 0.717) is 11.3 Å². The molecule has 1 atom stereocenters. The number of benzene rings is 1. The summed E-state index contributed by atoms with van der Waals surface area (Å²) < 4.78 is 0.